The van der Waals surface area contributed by atoms with Gasteiger partial charge < -0.3 is 5.32 Å². The van der Waals surface area contributed by atoms with E-state index in [-0.39, 0.29) is 22.2 Å². The molecule has 0 aliphatic rings. The smallest absolute Gasteiger partial charge is 0.323 e. The molecule has 7 nitrogen and oxygen atoms in total. The molecule has 0 spiro atoms. The molecule has 6 rings (SSSR count). The highest BCUT2D eigenvalue weighted by Gasteiger charge is 2.35. The summed E-state index contributed by atoms with van der Waals surface area (Å²) < 4.78 is 42.3. The summed E-state index contributed by atoms with van der Waals surface area (Å²) in [6.07, 6.45) is -4.67. The van der Waals surface area contributed by atoms with Gasteiger partial charge in [-0.1, -0.05) is 42.5 Å². The zero-order valence-electron chi connectivity index (χ0n) is 18.4. The number of benzene rings is 3. The molecule has 6 aromatic rings. The van der Waals surface area contributed by atoms with Gasteiger partial charge in [0.1, 0.15) is 5.82 Å². The summed E-state index contributed by atoms with van der Waals surface area (Å²) in [4.78, 5) is 16.7. The van der Waals surface area contributed by atoms with Crippen LogP contribution < -0.4 is 10.9 Å². The van der Waals surface area contributed by atoms with Gasteiger partial charge in [0, 0.05) is 10.9 Å². The maximum Gasteiger partial charge on any atom is 0.417 e. The second-order valence-corrected chi connectivity index (χ2v) is 8.26. The highest BCUT2D eigenvalue weighted by molar-refractivity contribution is 5.92. The van der Waals surface area contributed by atoms with Crippen LogP contribution in [0.5, 0.6) is 0 Å². The van der Waals surface area contributed by atoms with Crippen LogP contribution in [0.3, 0.4) is 0 Å². The van der Waals surface area contributed by atoms with Crippen molar-refractivity contribution in [3.8, 4) is 22.4 Å². The minimum atomic E-state index is -4.67. The molecule has 0 saturated heterocycles. The number of nitrogens with one attached hydrogen (secondary N) is 4. The van der Waals surface area contributed by atoms with Crippen LogP contribution in [0.15, 0.2) is 83.7 Å². The van der Waals surface area contributed by atoms with Crippen molar-refractivity contribution in [3.05, 3.63) is 94.8 Å². The molecule has 0 bridgehead atoms. The lowest BCUT2D eigenvalue weighted by Gasteiger charge is -2.15. The van der Waals surface area contributed by atoms with E-state index < -0.39 is 17.3 Å². The lowest BCUT2D eigenvalue weighted by Crippen LogP contribution is -2.09. The molecule has 36 heavy (non-hydrogen) atoms. The number of hydrogen-bond donors (Lipinski definition) is 4. The topological polar surface area (TPSA) is 102 Å². The van der Waals surface area contributed by atoms with E-state index in [1.165, 1.54) is 6.07 Å². The van der Waals surface area contributed by atoms with Gasteiger partial charge in [-0.2, -0.15) is 18.3 Å². The van der Waals surface area contributed by atoms with Crippen LogP contribution in [0.2, 0.25) is 0 Å². The minimum Gasteiger partial charge on any atom is -0.323 e. The van der Waals surface area contributed by atoms with E-state index in [0.717, 1.165) is 22.5 Å². The zero-order chi connectivity index (χ0) is 24.9. The summed E-state index contributed by atoms with van der Waals surface area (Å²) in [5.74, 6) is 0.794. The van der Waals surface area contributed by atoms with Gasteiger partial charge in [0.2, 0.25) is 0 Å². The van der Waals surface area contributed by atoms with Crippen molar-refractivity contribution in [1.82, 2.24) is 25.4 Å². The average Bonchev–Trinajstić information content (AvgIpc) is 3.46. The quantitative estimate of drug-likeness (QED) is 0.237. The van der Waals surface area contributed by atoms with Crippen molar-refractivity contribution < 1.29 is 13.2 Å². The Labute approximate surface area is 201 Å². The summed E-state index contributed by atoms with van der Waals surface area (Å²) in [6.45, 7) is 0. The van der Waals surface area contributed by atoms with Crippen LogP contribution in [0, 0.1) is 0 Å². The first-order valence-electron chi connectivity index (χ1n) is 11.0. The molecule has 0 amide bonds. The van der Waals surface area contributed by atoms with Gasteiger partial charge in [0.15, 0.2) is 5.82 Å². The third-order valence-electron chi connectivity index (χ3n) is 5.94. The predicted molar refractivity (Wildman–Crippen MR) is 132 cm³/mol. The zero-order valence-corrected chi connectivity index (χ0v) is 18.4. The van der Waals surface area contributed by atoms with E-state index in [4.69, 9.17) is 0 Å². The summed E-state index contributed by atoms with van der Waals surface area (Å²) in [5.41, 5.74) is 0.762. The van der Waals surface area contributed by atoms with E-state index >= 15 is 0 Å². The van der Waals surface area contributed by atoms with Crippen molar-refractivity contribution in [2.45, 2.75) is 6.18 Å². The van der Waals surface area contributed by atoms with Crippen LogP contribution in [-0.4, -0.2) is 25.4 Å². The number of anilines is 2. The highest BCUT2D eigenvalue weighted by Crippen LogP contribution is 2.40. The molecule has 3 aromatic heterocycles. The Morgan fingerprint density at radius 3 is 2.36 bits per heavy atom. The third kappa shape index (κ3) is 3.78. The number of hydrogen-bond acceptors (Lipinski definition) is 4. The van der Waals surface area contributed by atoms with Crippen molar-refractivity contribution in [1.29, 1.82) is 0 Å². The number of aromatic nitrogens is 5. The molecule has 3 aromatic carbocycles. The number of nitrogens with zero attached hydrogens (tertiary/aromatic N) is 2. The van der Waals surface area contributed by atoms with E-state index in [1.54, 1.807) is 12.1 Å². The maximum atomic E-state index is 14.1. The van der Waals surface area contributed by atoms with Crippen LogP contribution >= 0.6 is 0 Å². The molecule has 0 atom stereocenters. The Hall–Kier alpha value is -4.86. The van der Waals surface area contributed by atoms with Crippen molar-refractivity contribution in [2.75, 3.05) is 5.32 Å². The second kappa shape index (κ2) is 8.12. The Kier molecular flexibility index (Phi) is 4.89. The van der Waals surface area contributed by atoms with E-state index in [1.807, 2.05) is 54.6 Å². The van der Waals surface area contributed by atoms with Crippen LogP contribution in [-0.2, 0) is 6.18 Å². The number of H-pyrrole nitrogens is 3. The molecule has 3 heterocycles. The monoisotopic (exact) mass is 486 g/mol. The number of rotatable bonds is 4. The fourth-order valence-corrected chi connectivity index (χ4v) is 4.24. The SMILES string of the molecule is O=c1[nH][nH]c2cc(C(F)(F)F)c(-c3cc(-c4ccccc4)cc(Nc4n[nH]c5ccccc45)n3)cc12. The first-order chi connectivity index (χ1) is 17.4. The standard InChI is InChI=1S/C26H17F3N6O/c27-26(28,29)19-13-22-18(25(36)35-33-22)12-17(19)21-10-15(14-6-2-1-3-7-14)11-23(30-21)31-24-16-8-4-5-9-20(16)32-34-24/h1-13H,(H2,33,35,36)(H2,30,31,32,34). The number of alkyl halides is 3. The van der Waals surface area contributed by atoms with Crippen molar-refractivity contribution in [3.63, 3.8) is 0 Å². The van der Waals surface area contributed by atoms with Crippen LogP contribution in [0.25, 0.3) is 44.2 Å². The van der Waals surface area contributed by atoms with Crippen molar-refractivity contribution >= 4 is 33.4 Å². The van der Waals surface area contributed by atoms with Gasteiger partial charge in [0.25, 0.3) is 5.56 Å². The van der Waals surface area contributed by atoms with Gasteiger partial charge >= 0.3 is 6.18 Å². The Morgan fingerprint density at radius 2 is 1.56 bits per heavy atom. The van der Waals surface area contributed by atoms with Crippen molar-refractivity contribution in [2.24, 2.45) is 0 Å². The summed E-state index contributed by atoms with van der Waals surface area (Å²) >= 11 is 0. The molecule has 0 unspecified atom stereocenters. The van der Waals surface area contributed by atoms with Crippen LogP contribution in [0.1, 0.15) is 5.56 Å². The Bertz CT molecular complexity index is 1780. The summed E-state index contributed by atoms with van der Waals surface area (Å²) in [6, 6.07) is 22.2. The van der Waals surface area contributed by atoms with E-state index in [9.17, 15) is 18.0 Å². The number of pyridine rings is 1. The molecule has 4 N–H and O–H groups in total. The van der Waals surface area contributed by atoms with Gasteiger partial charge in [-0.3, -0.25) is 20.1 Å². The Balaban J connectivity index is 1.58. The average molecular weight is 486 g/mol. The molecule has 0 aliphatic heterocycles. The first-order valence-corrected chi connectivity index (χ1v) is 11.0. The number of aromatic amines is 3. The first kappa shape index (κ1) is 21.7. The summed E-state index contributed by atoms with van der Waals surface area (Å²) in [7, 11) is 0. The molecule has 0 aliphatic carbocycles. The molecule has 178 valence electrons. The normalized spacial score (nSPS) is 11.9. The van der Waals surface area contributed by atoms with E-state index in [2.05, 4.69) is 30.7 Å². The fourth-order valence-electron chi connectivity index (χ4n) is 4.24. The fraction of sp³-hybridized carbons (Fsp3) is 0.0385. The molecule has 10 heteroatoms. The molecular formula is C26H17F3N6O. The molecule has 0 radical (unpaired) electrons. The third-order valence-corrected chi connectivity index (χ3v) is 5.94. The number of para-hydroxylation sites is 1. The highest BCUT2D eigenvalue weighted by atomic mass is 19.4. The molecule has 0 fully saturated rings. The largest absolute Gasteiger partial charge is 0.417 e. The number of fused-ring (bicyclic) bond motifs is 2. The molecule has 0 saturated carbocycles. The van der Waals surface area contributed by atoms with E-state index in [0.29, 0.717) is 17.2 Å². The summed E-state index contributed by atoms with van der Waals surface area (Å²) in [5, 5.41) is 16.1. The minimum absolute atomic E-state index is 0.0634. The lowest BCUT2D eigenvalue weighted by molar-refractivity contribution is -0.137. The lowest BCUT2D eigenvalue weighted by atomic mass is 9.98. The number of halogens is 3. The van der Waals surface area contributed by atoms with Gasteiger partial charge in [0.05, 0.1) is 27.7 Å². The van der Waals surface area contributed by atoms with Gasteiger partial charge in [-0.25, -0.2) is 4.98 Å². The van der Waals surface area contributed by atoms with Gasteiger partial charge in [-0.05, 0) is 47.5 Å². The second-order valence-electron chi connectivity index (χ2n) is 8.26. The predicted octanol–water partition coefficient (Wildman–Crippen LogP) is 6.22. The van der Waals surface area contributed by atoms with Crippen LogP contribution in [0.4, 0.5) is 24.8 Å². The Morgan fingerprint density at radius 1 is 0.778 bits per heavy atom. The van der Waals surface area contributed by atoms with Gasteiger partial charge in [-0.15, -0.1) is 0 Å². The molecular weight excluding hydrogens is 469 g/mol. The maximum absolute atomic E-state index is 14.1.